The quantitative estimate of drug-likeness (QED) is 0.509. The maximum atomic E-state index is 11.0. The molecule has 0 aromatic rings. The monoisotopic (exact) mass is 173 g/mol. The number of cyclic esters (lactones) is 1. The second kappa shape index (κ2) is 3.01. The van der Waals surface area contributed by atoms with Crippen LogP contribution in [0.2, 0.25) is 0 Å². The third-order valence-corrected chi connectivity index (χ3v) is 2.11. The van der Waals surface area contributed by atoms with E-state index in [1.54, 1.807) is 7.11 Å². The van der Waals surface area contributed by atoms with Crippen molar-refractivity contribution in [3.8, 4) is 0 Å². The van der Waals surface area contributed by atoms with E-state index in [1.165, 1.54) is 0 Å². The van der Waals surface area contributed by atoms with Crippen LogP contribution in [0, 0.1) is 0 Å². The minimum atomic E-state index is -0.295. The third-order valence-electron chi connectivity index (χ3n) is 2.11. The summed E-state index contributed by atoms with van der Waals surface area (Å²) >= 11 is 0. The Bertz CT molecular complexity index is 196. The first-order valence-corrected chi connectivity index (χ1v) is 3.89. The van der Waals surface area contributed by atoms with Gasteiger partial charge in [-0.1, -0.05) is 0 Å². The van der Waals surface area contributed by atoms with Gasteiger partial charge in [0.15, 0.2) is 6.29 Å². The van der Waals surface area contributed by atoms with Crippen LogP contribution in [0.1, 0.15) is 0 Å². The first-order valence-electron chi connectivity index (χ1n) is 3.89. The zero-order valence-electron chi connectivity index (χ0n) is 6.78. The molecule has 2 saturated heterocycles. The number of rotatable bonds is 1. The fourth-order valence-corrected chi connectivity index (χ4v) is 1.44. The standard InChI is InChI=1S/C7H11NO4/c1-10-5-2-8-6-4(12-5)3-11-7(6)9/h4-6,8H,2-3H2,1H3/t4?,5-,6+/m0/s1. The van der Waals surface area contributed by atoms with Gasteiger partial charge < -0.3 is 14.2 Å². The number of esters is 1. The molecule has 0 aliphatic carbocycles. The van der Waals surface area contributed by atoms with Gasteiger partial charge in [-0.3, -0.25) is 10.1 Å². The molecule has 12 heavy (non-hydrogen) atoms. The molecule has 2 aliphatic heterocycles. The highest BCUT2D eigenvalue weighted by atomic mass is 16.7. The van der Waals surface area contributed by atoms with E-state index in [9.17, 15) is 4.79 Å². The molecule has 0 radical (unpaired) electrons. The van der Waals surface area contributed by atoms with E-state index < -0.39 is 0 Å². The lowest BCUT2D eigenvalue weighted by molar-refractivity contribution is -0.175. The number of ether oxygens (including phenoxy) is 3. The van der Waals surface area contributed by atoms with E-state index in [4.69, 9.17) is 14.2 Å². The van der Waals surface area contributed by atoms with Crippen molar-refractivity contribution in [2.24, 2.45) is 0 Å². The average molecular weight is 173 g/mol. The first-order chi connectivity index (χ1) is 5.81. The van der Waals surface area contributed by atoms with Crippen LogP contribution in [-0.4, -0.2) is 44.7 Å². The van der Waals surface area contributed by atoms with Crippen LogP contribution in [0.4, 0.5) is 0 Å². The average Bonchev–Trinajstić information content (AvgIpc) is 2.47. The molecule has 2 fully saturated rings. The second-order valence-corrected chi connectivity index (χ2v) is 2.86. The molecule has 2 rings (SSSR count). The number of methoxy groups -OCH3 is 1. The Morgan fingerprint density at radius 1 is 1.67 bits per heavy atom. The number of fused-ring (bicyclic) bond motifs is 1. The van der Waals surface area contributed by atoms with Crippen LogP contribution in [0.3, 0.4) is 0 Å². The van der Waals surface area contributed by atoms with Crippen LogP contribution >= 0.6 is 0 Å². The third kappa shape index (κ3) is 1.20. The van der Waals surface area contributed by atoms with Crippen molar-refractivity contribution in [2.75, 3.05) is 20.3 Å². The van der Waals surface area contributed by atoms with Gasteiger partial charge in [0.25, 0.3) is 0 Å². The highest BCUT2D eigenvalue weighted by molar-refractivity contribution is 5.78. The zero-order valence-corrected chi connectivity index (χ0v) is 6.78. The van der Waals surface area contributed by atoms with Gasteiger partial charge in [-0.25, -0.2) is 0 Å². The van der Waals surface area contributed by atoms with Gasteiger partial charge in [0.2, 0.25) is 0 Å². The molecule has 0 aromatic heterocycles. The van der Waals surface area contributed by atoms with Gasteiger partial charge in [-0.05, 0) is 0 Å². The number of carbonyl (C=O) groups excluding carboxylic acids is 1. The predicted octanol–water partition coefficient (Wildman–Crippen LogP) is -1.13. The molecule has 5 heteroatoms. The minimum absolute atomic E-state index is 0.184. The highest BCUT2D eigenvalue weighted by Crippen LogP contribution is 2.17. The first kappa shape index (κ1) is 7.97. The lowest BCUT2D eigenvalue weighted by Crippen LogP contribution is -2.53. The second-order valence-electron chi connectivity index (χ2n) is 2.86. The Morgan fingerprint density at radius 3 is 3.25 bits per heavy atom. The summed E-state index contributed by atoms with van der Waals surface area (Å²) in [6, 6.07) is -0.295. The van der Waals surface area contributed by atoms with Crippen molar-refractivity contribution in [2.45, 2.75) is 18.4 Å². The molecule has 5 nitrogen and oxygen atoms in total. The summed E-state index contributed by atoms with van der Waals surface area (Å²) in [5, 5.41) is 3.01. The lowest BCUT2D eigenvalue weighted by atomic mass is 10.2. The Balaban J connectivity index is 1.99. The largest absolute Gasteiger partial charge is 0.462 e. The van der Waals surface area contributed by atoms with E-state index >= 15 is 0 Å². The Hall–Kier alpha value is -0.650. The summed E-state index contributed by atoms with van der Waals surface area (Å²) in [5.74, 6) is -0.227. The molecule has 68 valence electrons. The van der Waals surface area contributed by atoms with Gasteiger partial charge in [0.1, 0.15) is 18.8 Å². The van der Waals surface area contributed by atoms with E-state index in [0.717, 1.165) is 0 Å². The number of carbonyl (C=O) groups is 1. The fraction of sp³-hybridized carbons (Fsp3) is 0.857. The smallest absolute Gasteiger partial charge is 0.326 e. The molecule has 0 amide bonds. The Labute approximate surface area is 70.0 Å². The summed E-state index contributed by atoms with van der Waals surface area (Å²) in [6.07, 6.45) is -0.447. The van der Waals surface area contributed by atoms with Gasteiger partial charge in [-0.2, -0.15) is 0 Å². The maximum Gasteiger partial charge on any atom is 0.326 e. The fourth-order valence-electron chi connectivity index (χ4n) is 1.44. The van der Waals surface area contributed by atoms with Crippen LogP contribution < -0.4 is 5.32 Å². The molecule has 1 N–H and O–H groups in total. The number of hydrogen-bond acceptors (Lipinski definition) is 5. The van der Waals surface area contributed by atoms with Crippen LogP contribution in [0.25, 0.3) is 0 Å². The topological polar surface area (TPSA) is 56.8 Å². The summed E-state index contributed by atoms with van der Waals surface area (Å²) in [7, 11) is 1.57. The van der Waals surface area contributed by atoms with E-state index in [1.807, 2.05) is 0 Å². The van der Waals surface area contributed by atoms with Crippen LogP contribution in [0.15, 0.2) is 0 Å². The molecule has 2 heterocycles. The summed E-state index contributed by atoms with van der Waals surface area (Å²) in [5.41, 5.74) is 0. The summed E-state index contributed by atoms with van der Waals surface area (Å²) in [6.45, 7) is 0.864. The minimum Gasteiger partial charge on any atom is -0.462 e. The molecule has 2 aliphatic rings. The van der Waals surface area contributed by atoms with Crippen molar-refractivity contribution in [1.82, 2.24) is 5.32 Å². The highest BCUT2D eigenvalue weighted by Gasteiger charge is 2.42. The molecule has 0 spiro atoms. The van der Waals surface area contributed by atoms with Crippen molar-refractivity contribution in [1.29, 1.82) is 0 Å². The van der Waals surface area contributed by atoms with E-state index in [-0.39, 0.29) is 24.4 Å². The normalized spacial score (nSPS) is 40.8. The van der Waals surface area contributed by atoms with Crippen molar-refractivity contribution < 1.29 is 19.0 Å². The van der Waals surface area contributed by atoms with Crippen molar-refractivity contribution >= 4 is 5.97 Å². The Morgan fingerprint density at radius 2 is 2.50 bits per heavy atom. The van der Waals surface area contributed by atoms with Crippen molar-refractivity contribution in [3.63, 3.8) is 0 Å². The number of nitrogens with one attached hydrogen (secondary N) is 1. The number of hydrogen-bond donors (Lipinski definition) is 1. The SMILES string of the molecule is CO[C@@H]1CN[C@H]2C(=O)OCC2O1. The molecule has 0 bridgehead atoms. The summed E-state index contributed by atoms with van der Waals surface area (Å²) < 4.78 is 15.2. The Kier molecular flexibility index (Phi) is 2.00. The maximum absolute atomic E-state index is 11.0. The van der Waals surface area contributed by atoms with Crippen LogP contribution in [0.5, 0.6) is 0 Å². The van der Waals surface area contributed by atoms with Gasteiger partial charge in [0.05, 0.1) is 0 Å². The van der Waals surface area contributed by atoms with Crippen molar-refractivity contribution in [3.05, 3.63) is 0 Å². The van der Waals surface area contributed by atoms with Gasteiger partial charge in [-0.15, -0.1) is 0 Å². The van der Waals surface area contributed by atoms with Gasteiger partial charge in [0, 0.05) is 13.7 Å². The van der Waals surface area contributed by atoms with E-state index in [0.29, 0.717) is 13.2 Å². The van der Waals surface area contributed by atoms with E-state index in [2.05, 4.69) is 5.32 Å². The number of morpholine rings is 1. The lowest BCUT2D eigenvalue weighted by Gasteiger charge is -2.29. The summed E-state index contributed by atoms with van der Waals surface area (Å²) in [4.78, 5) is 11.0. The molecule has 0 saturated carbocycles. The zero-order chi connectivity index (χ0) is 8.55. The molecule has 1 unspecified atom stereocenters. The molecule has 3 atom stereocenters. The predicted molar refractivity (Wildman–Crippen MR) is 38.4 cm³/mol. The molecular weight excluding hydrogens is 162 g/mol. The van der Waals surface area contributed by atoms with Gasteiger partial charge >= 0.3 is 5.97 Å². The van der Waals surface area contributed by atoms with Crippen LogP contribution in [-0.2, 0) is 19.0 Å². The molecule has 0 aromatic carbocycles. The molecular formula is C7H11NO4.